The van der Waals surface area contributed by atoms with E-state index in [0.717, 1.165) is 11.3 Å². The van der Waals surface area contributed by atoms with Gasteiger partial charge >= 0.3 is 0 Å². The van der Waals surface area contributed by atoms with Gasteiger partial charge in [0.05, 0.1) is 5.69 Å². The minimum atomic E-state index is -0.343. The van der Waals surface area contributed by atoms with E-state index in [-0.39, 0.29) is 5.82 Å². The van der Waals surface area contributed by atoms with Gasteiger partial charge in [0.1, 0.15) is 17.3 Å². The summed E-state index contributed by atoms with van der Waals surface area (Å²) in [5, 5.41) is 4.48. The fourth-order valence-electron chi connectivity index (χ4n) is 3.01. The maximum absolute atomic E-state index is 13.9. The van der Waals surface area contributed by atoms with Crippen molar-refractivity contribution in [2.45, 2.75) is 26.7 Å². The molecule has 0 unspecified atom stereocenters. The first-order chi connectivity index (χ1) is 13.0. The van der Waals surface area contributed by atoms with Crippen molar-refractivity contribution in [1.82, 2.24) is 5.43 Å². The van der Waals surface area contributed by atoms with Gasteiger partial charge in [0.2, 0.25) is 0 Å². The van der Waals surface area contributed by atoms with Gasteiger partial charge in [-0.1, -0.05) is 38.1 Å². The van der Waals surface area contributed by atoms with Gasteiger partial charge in [-0.3, -0.25) is 5.43 Å². The highest BCUT2D eigenvalue weighted by Crippen LogP contribution is 2.27. The molecule has 0 fully saturated rings. The van der Waals surface area contributed by atoms with Crippen molar-refractivity contribution in [2.24, 2.45) is 10.1 Å². The van der Waals surface area contributed by atoms with Crippen molar-refractivity contribution >= 4 is 17.2 Å². The van der Waals surface area contributed by atoms with Crippen LogP contribution in [-0.2, 0) is 0 Å². The highest BCUT2D eigenvalue weighted by molar-refractivity contribution is 6.16. The Kier molecular flexibility index (Phi) is 4.36. The van der Waals surface area contributed by atoms with Crippen LogP contribution >= 0.6 is 0 Å². The van der Waals surface area contributed by atoms with E-state index in [4.69, 9.17) is 9.41 Å². The predicted molar refractivity (Wildman–Crippen MR) is 105 cm³/mol. The molecule has 4 nitrogen and oxygen atoms in total. The zero-order valence-electron chi connectivity index (χ0n) is 15.5. The molecule has 0 saturated carbocycles. The Bertz CT molecular complexity index is 1050. The van der Waals surface area contributed by atoms with Gasteiger partial charge in [0.15, 0.2) is 11.6 Å². The van der Waals surface area contributed by atoms with E-state index in [1.165, 1.54) is 17.7 Å². The predicted octanol–water partition coefficient (Wildman–Crippen LogP) is 5.28. The van der Waals surface area contributed by atoms with Crippen molar-refractivity contribution in [3.05, 3.63) is 88.6 Å². The summed E-state index contributed by atoms with van der Waals surface area (Å²) in [7, 11) is 0. The van der Waals surface area contributed by atoms with E-state index < -0.39 is 0 Å². The molecule has 1 aromatic heterocycles. The van der Waals surface area contributed by atoms with E-state index in [0.29, 0.717) is 34.5 Å². The lowest BCUT2D eigenvalue weighted by Crippen LogP contribution is -2.19. The third kappa shape index (κ3) is 3.40. The molecule has 2 heterocycles. The van der Waals surface area contributed by atoms with E-state index in [1.54, 1.807) is 6.07 Å². The van der Waals surface area contributed by atoms with Crippen LogP contribution in [0.15, 0.2) is 69.1 Å². The van der Waals surface area contributed by atoms with Crippen molar-refractivity contribution in [1.29, 1.82) is 0 Å². The normalized spacial score (nSPS) is 13.5. The molecule has 0 amide bonds. The van der Waals surface area contributed by atoms with Gasteiger partial charge in [0.25, 0.3) is 0 Å². The molecule has 27 heavy (non-hydrogen) atoms. The topological polar surface area (TPSA) is 49.9 Å². The Hall–Kier alpha value is -3.21. The Balaban J connectivity index is 1.80. The number of nitrogens with one attached hydrogen (secondary N) is 1. The molecule has 136 valence electrons. The molecular formula is C22H20FN3O. The summed E-state index contributed by atoms with van der Waals surface area (Å²) in [5.74, 6) is 2.05. The van der Waals surface area contributed by atoms with Gasteiger partial charge in [-0.05, 0) is 48.7 Å². The summed E-state index contributed by atoms with van der Waals surface area (Å²) >= 11 is 0. The fourth-order valence-corrected chi connectivity index (χ4v) is 3.01. The number of aliphatic imine (C=N–C) groups is 1. The summed E-state index contributed by atoms with van der Waals surface area (Å²) in [5.41, 5.74) is 6.94. The Morgan fingerprint density at radius 1 is 1.00 bits per heavy atom. The lowest BCUT2D eigenvalue weighted by molar-refractivity contribution is 0.525. The molecular weight excluding hydrogens is 341 g/mol. The van der Waals surface area contributed by atoms with E-state index >= 15 is 0 Å². The lowest BCUT2D eigenvalue weighted by atomic mass is 10.0. The van der Waals surface area contributed by atoms with Crippen LogP contribution in [0.4, 0.5) is 10.1 Å². The number of furan rings is 1. The van der Waals surface area contributed by atoms with Gasteiger partial charge in [-0.25, -0.2) is 9.38 Å². The molecule has 0 aliphatic carbocycles. The summed E-state index contributed by atoms with van der Waals surface area (Å²) in [6, 6.07) is 16.4. The molecule has 2 aromatic carbocycles. The number of halogens is 1. The fraction of sp³-hybridized carbons (Fsp3) is 0.182. The molecule has 4 rings (SSSR count). The van der Waals surface area contributed by atoms with E-state index in [9.17, 15) is 4.39 Å². The number of benzene rings is 2. The third-order valence-corrected chi connectivity index (χ3v) is 4.54. The summed E-state index contributed by atoms with van der Waals surface area (Å²) < 4.78 is 19.6. The number of amidine groups is 1. The second kappa shape index (κ2) is 6.83. The third-order valence-electron chi connectivity index (χ3n) is 4.54. The highest BCUT2D eigenvalue weighted by atomic mass is 19.1. The molecule has 1 N–H and O–H groups in total. The molecule has 0 bridgehead atoms. The van der Waals surface area contributed by atoms with Crippen LogP contribution < -0.4 is 5.43 Å². The first kappa shape index (κ1) is 17.2. The first-order valence-electron chi connectivity index (χ1n) is 8.91. The molecule has 1 aliphatic rings. The minimum Gasteiger partial charge on any atom is -0.460 e. The van der Waals surface area contributed by atoms with E-state index in [2.05, 4.69) is 36.5 Å². The monoisotopic (exact) mass is 361 g/mol. The number of hydrogen-bond acceptors (Lipinski definition) is 4. The molecule has 1 aliphatic heterocycles. The number of rotatable bonds is 3. The van der Waals surface area contributed by atoms with Crippen LogP contribution in [0.2, 0.25) is 0 Å². The van der Waals surface area contributed by atoms with E-state index in [1.807, 2.05) is 31.2 Å². The smallest absolute Gasteiger partial charge is 0.155 e. The second-order valence-electron chi connectivity index (χ2n) is 6.88. The van der Waals surface area contributed by atoms with Gasteiger partial charge in [-0.15, -0.1) is 0 Å². The number of hydrogen-bond donors (Lipinski definition) is 1. The van der Waals surface area contributed by atoms with Crippen LogP contribution in [0.25, 0.3) is 0 Å². The van der Waals surface area contributed by atoms with Gasteiger partial charge in [-0.2, -0.15) is 5.10 Å². The van der Waals surface area contributed by atoms with Crippen LogP contribution in [0, 0.1) is 12.7 Å². The maximum Gasteiger partial charge on any atom is 0.155 e. The average molecular weight is 361 g/mol. The first-order valence-corrected chi connectivity index (χ1v) is 8.91. The minimum absolute atomic E-state index is 0.343. The standard InChI is InChI=1S/C22H20FN3O/c1-13(2)15-5-7-16(8-6-15)22-24-19-10-9-17(23)12-18(19)21(25-26-22)20-11-4-14(3)27-20/h4-13H,1-3H3,(H,24,26). The van der Waals surface area contributed by atoms with Crippen LogP contribution in [0.5, 0.6) is 0 Å². The highest BCUT2D eigenvalue weighted by Gasteiger charge is 2.20. The van der Waals surface area contributed by atoms with Crippen molar-refractivity contribution in [3.63, 3.8) is 0 Å². The van der Waals surface area contributed by atoms with Crippen molar-refractivity contribution < 1.29 is 8.81 Å². The van der Waals surface area contributed by atoms with Crippen LogP contribution in [0.3, 0.4) is 0 Å². The summed E-state index contributed by atoms with van der Waals surface area (Å²) in [4.78, 5) is 4.69. The van der Waals surface area contributed by atoms with Gasteiger partial charge < -0.3 is 4.42 Å². The maximum atomic E-state index is 13.9. The van der Waals surface area contributed by atoms with Gasteiger partial charge in [0, 0.05) is 11.1 Å². The Labute approximate surface area is 157 Å². The Morgan fingerprint density at radius 3 is 2.44 bits per heavy atom. The molecule has 5 heteroatoms. The molecule has 3 aromatic rings. The second-order valence-corrected chi connectivity index (χ2v) is 6.88. The molecule has 0 spiro atoms. The molecule has 0 atom stereocenters. The quantitative estimate of drug-likeness (QED) is 0.689. The van der Waals surface area contributed by atoms with Crippen molar-refractivity contribution in [2.75, 3.05) is 0 Å². The number of nitrogens with zero attached hydrogens (tertiary/aromatic N) is 2. The number of hydrazone groups is 1. The lowest BCUT2D eigenvalue weighted by Gasteiger charge is -2.08. The zero-order chi connectivity index (χ0) is 19.0. The van der Waals surface area contributed by atoms with Crippen LogP contribution in [-0.4, -0.2) is 11.5 Å². The summed E-state index contributed by atoms with van der Waals surface area (Å²) in [6.45, 7) is 6.17. The SMILES string of the molecule is Cc1ccc(C2=NNC(c3ccc(C(C)C)cc3)=Nc3ccc(F)cc32)o1. The molecule has 0 saturated heterocycles. The average Bonchev–Trinajstić information content (AvgIpc) is 2.99. The zero-order valence-corrected chi connectivity index (χ0v) is 15.5. The molecule has 0 radical (unpaired) electrons. The number of fused-ring (bicyclic) bond motifs is 1. The number of aryl methyl sites for hydroxylation is 1. The largest absolute Gasteiger partial charge is 0.460 e. The summed E-state index contributed by atoms with van der Waals surface area (Å²) in [6.07, 6.45) is 0. The Morgan fingerprint density at radius 2 is 1.78 bits per heavy atom. The van der Waals surface area contributed by atoms with Crippen LogP contribution in [0.1, 0.15) is 48.0 Å². The van der Waals surface area contributed by atoms with Crippen molar-refractivity contribution in [3.8, 4) is 0 Å².